The van der Waals surface area contributed by atoms with Crippen LogP contribution in [0.4, 0.5) is 0 Å². The molecule has 1 aromatic carbocycles. The second kappa shape index (κ2) is 7.41. The van der Waals surface area contributed by atoms with E-state index in [0.29, 0.717) is 18.1 Å². The molecule has 19 heavy (non-hydrogen) atoms. The number of hydrogen-bond acceptors (Lipinski definition) is 4. The minimum Gasteiger partial charge on any atom is -0.493 e. The highest BCUT2D eigenvalue weighted by atomic mass is 16.6. The smallest absolute Gasteiger partial charge is 0.243 e. The largest absolute Gasteiger partial charge is 0.493 e. The molecular formula is C14H19NO4. The molecule has 0 unspecified atom stereocenters. The van der Waals surface area contributed by atoms with Gasteiger partial charge in [0.1, 0.15) is 0 Å². The van der Waals surface area contributed by atoms with Gasteiger partial charge < -0.3 is 9.47 Å². The number of benzene rings is 1. The molecule has 0 heterocycles. The van der Waals surface area contributed by atoms with Gasteiger partial charge in [-0.1, -0.05) is 19.4 Å². The Bertz CT molecular complexity index is 469. The third-order valence-electron chi connectivity index (χ3n) is 2.61. The number of nitrogens with zero attached hydrogens (tertiary/aromatic N) is 1. The van der Waals surface area contributed by atoms with Gasteiger partial charge in [-0.15, -0.1) is 0 Å². The second-order valence-electron chi connectivity index (χ2n) is 4.16. The maximum Gasteiger partial charge on any atom is 0.243 e. The number of methoxy groups -OCH3 is 1. The molecule has 5 heteroatoms. The van der Waals surface area contributed by atoms with Crippen molar-refractivity contribution in [2.24, 2.45) is 0 Å². The highest BCUT2D eigenvalue weighted by Gasteiger charge is 2.07. The summed E-state index contributed by atoms with van der Waals surface area (Å²) >= 11 is 0. The van der Waals surface area contributed by atoms with Gasteiger partial charge in [0, 0.05) is 13.0 Å². The molecule has 0 saturated carbocycles. The molecule has 0 spiro atoms. The van der Waals surface area contributed by atoms with Crippen LogP contribution >= 0.6 is 0 Å². The van der Waals surface area contributed by atoms with Crippen LogP contribution in [0.2, 0.25) is 0 Å². The molecule has 0 amide bonds. The number of hydrogen-bond donors (Lipinski definition) is 0. The summed E-state index contributed by atoms with van der Waals surface area (Å²) in [5.74, 6) is 1.24. The predicted octanol–water partition coefficient (Wildman–Crippen LogP) is 3.51. The van der Waals surface area contributed by atoms with Crippen LogP contribution in [-0.4, -0.2) is 18.6 Å². The molecule has 0 atom stereocenters. The average molecular weight is 265 g/mol. The zero-order valence-electron chi connectivity index (χ0n) is 11.5. The van der Waals surface area contributed by atoms with Gasteiger partial charge in [0.25, 0.3) is 0 Å². The molecule has 0 aliphatic rings. The molecule has 1 rings (SSSR count). The first-order valence-corrected chi connectivity index (χ1v) is 6.22. The van der Waals surface area contributed by atoms with Crippen molar-refractivity contribution in [1.82, 2.24) is 0 Å². The number of ether oxygens (including phenoxy) is 2. The minimum absolute atomic E-state index is 0.0877. The summed E-state index contributed by atoms with van der Waals surface area (Å²) in [6.07, 6.45) is 3.51. The van der Waals surface area contributed by atoms with E-state index < -0.39 is 4.92 Å². The van der Waals surface area contributed by atoms with Crippen LogP contribution in [0.15, 0.2) is 23.9 Å². The topological polar surface area (TPSA) is 61.6 Å². The van der Waals surface area contributed by atoms with E-state index >= 15 is 0 Å². The molecule has 0 N–H and O–H groups in total. The summed E-state index contributed by atoms with van der Waals surface area (Å²) in [5.41, 5.74) is 0.811. The van der Waals surface area contributed by atoms with Gasteiger partial charge in [0.2, 0.25) is 5.70 Å². The summed E-state index contributed by atoms with van der Waals surface area (Å²) in [7, 11) is 1.57. The van der Waals surface area contributed by atoms with E-state index in [4.69, 9.17) is 9.47 Å². The molecule has 0 saturated heterocycles. The summed E-state index contributed by atoms with van der Waals surface area (Å²) in [6, 6.07) is 5.26. The lowest BCUT2D eigenvalue weighted by atomic mass is 10.1. The van der Waals surface area contributed by atoms with E-state index in [1.54, 1.807) is 25.3 Å². The predicted molar refractivity (Wildman–Crippen MR) is 74.0 cm³/mol. The van der Waals surface area contributed by atoms with Crippen molar-refractivity contribution >= 4 is 6.08 Å². The van der Waals surface area contributed by atoms with Crippen LogP contribution in [0.3, 0.4) is 0 Å². The second-order valence-corrected chi connectivity index (χ2v) is 4.16. The Morgan fingerprint density at radius 1 is 1.42 bits per heavy atom. The van der Waals surface area contributed by atoms with E-state index in [1.165, 1.54) is 13.0 Å². The van der Waals surface area contributed by atoms with Crippen LogP contribution in [0.1, 0.15) is 32.3 Å². The van der Waals surface area contributed by atoms with Gasteiger partial charge in [0.05, 0.1) is 18.6 Å². The number of unbranched alkanes of at least 4 members (excludes halogenated alkanes) is 1. The van der Waals surface area contributed by atoms with Crippen molar-refractivity contribution in [2.75, 3.05) is 13.7 Å². The molecule has 0 radical (unpaired) electrons. The Kier molecular flexibility index (Phi) is 5.85. The van der Waals surface area contributed by atoms with Gasteiger partial charge in [-0.2, -0.15) is 0 Å². The fourth-order valence-electron chi connectivity index (χ4n) is 1.52. The van der Waals surface area contributed by atoms with Gasteiger partial charge in [-0.05, 0) is 24.1 Å². The number of rotatable bonds is 7. The molecule has 0 aromatic heterocycles. The monoisotopic (exact) mass is 265 g/mol. The lowest BCUT2D eigenvalue weighted by Gasteiger charge is -2.10. The zero-order chi connectivity index (χ0) is 14.3. The molecule has 0 fully saturated rings. The van der Waals surface area contributed by atoms with E-state index in [9.17, 15) is 10.1 Å². The molecule has 0 aliphatic carbocycles. The van der Waals surface area contributed by atoms with Crippen molar-refractivity contribution in [1.29, 1.82) is 0 Å². The molecule has 5 nitrogen and oxygen atoms in total. The highest BCUT2D eigenvalue weighted by Crippen LogP contribution is 2.29. The molecule has 104 valence electrons. The lowest BCUT2D eigenvalue weighted by molar-refractivity contribution is -0.422. The number of nitro groups is 1. The SMILES string of the molecule is CCCCOc1cc(/C=C(\C)[N+](=O)[O-])ccc1OC. The summed E-state index contributed by atoms with van der Waals surface area (Å²) in [6.45, 7) is 4.15. The molecule has 0 bridgehead atoms. The summed E-state index contributed by atoms with van der Waals surface area (Å²) in [5, 5.41) is 10.6. The Hall–Kier alpha value is -2.04. The van der Waals surface area contributed by atoms with E-state index in [1.807, 2.05) is 0 Å². The quantitative estimate of drug-likeness (QED) is 0.430. The molecule has 0 aliphatic heterocycles. The van der Waals surface area contributed by atoms with Crippen molar-refractivity contribution in [3.05, 3.63) is 39.6 Å². The minimum atomic E-state index is -0.415. The fraction of sp³-hybridized carbons (Fsp3) is 0.429. The third-order valence-corrected chi connectivity index (χ3v) is 2.61. The van der Waals surface area contributed by atoms with E-state index in [-0.39, 0.29) is 5.70 Å². The van der Waals surface area contributed by atoms with Crippen molar-refractivity contribution in [2.45, 2.75) is 26.7 Å². The van der Waals surface area contributed by atoms with Gasteiger partial charge in [-0.3, -0.25) is 10.1 Å². The highest BCUT2D eigenvalue weighted by molar-refractivity contribution is 5.56. The summed E-state index contributed by atoms with van der Waals surface area (Å²) < 4.78 is 10.8. The van der Waals surface area contributed by atoms with E-state index in [0.717, 1.165) is 18.4 Å². The first kappa shape index (κ1) is 15.0. The fourth-order valence-corrected chi connectivity index (χ4v) is 1.52. The van der Waals surface area contributed by atoms with Crippen molar-refractivity contribution < 1.29 is 14.4 Å². The van der Waals surface area contributed by atoms with Crippen LogP contribution in [0.25, 0.3) is 6.08 Å². The Balaban J connectivity index is 2.94. The maximum atomic E-state index is 10.6. The van der Waals surface area contributed by atoms with Crippen LogP contribution in [0.5, 0.6) is 11.5 Å². The van der Waals surface area contributed by atoms with Crippen LogP contribution < -0.4 is 9.47 Å². The summed E-state index contributed by atoms with van der Waals surface area (Å²) in [4.78, 5) is 10.2. The Morgan fingerprint density at radius 3 is 2.74 bits per heavy atom. The standard InChI is InChI=1S/C14H19NO4/c1-4-5-8-19-14-10-12(6-7-13(14)18-3)9-11(2)15(16)17/h6-7,9-10H,4-5,8H2,1-3H3/b11-9+. The third kappa shape index (κ3) is 4.62. The van der Waals surface area contributed by atoms with Gasteiger partial charge in [0.15, 0.2) is 11.5 Å². The molecule has 1 aromatic rings. The van der Waals surface area contributed by atoms with Crippen molar-refractivity contribution in [3.8, 4) is 11.5 Å². The van der Waals surface area contributed by atoms with Gasteiger partial charge >= 0.3 is 0 Å². The van der Waals surface area contributed by atoms with Crippen LogP contribution in [0, 0.1) is 10.1 Å². The molecular weight excluding hydrogens is 246 g/mol. The van der Waals surface area contributed by atoms with Crippen molar-refractivity contribution in [3.63, 3.8) is 0 Å². The lowest BCUT2D eigenvalue weighted by Crippen LogP contribution is -1.99. The van der Waals surface area contributed by atoms with E-state index in [2.05, 4.69) is 6.92 Å². The maximum absolute atomic E-state index is 10.6. The first-order chi connectivity index (χ1) is 9.08. The zero-order valence-corrected chi connectivity index (χ0v) is 11.5. The average Bonchev–Trinajstić information content (AvgIpc) is 2.39. The number of allylic oxidation sites excluding steroid dienone is 1. The first-order valence-electron chi connectivity index (χ1n) is 6.22. The van der Waals surface area contributed by atoms with Crippen LogP contribution in [-0.2, 0) is 0 Å². The Morgan fingerprint density at radius 2 is 2.16 bits per heavy atom. The van der Waals surface area contributed by atoms with Gasteiger partial charge in [-0.25, -0.2) is 0 Å². The normalized spacial score (nSPS) is 11.2. The Labute approximate surface area is 113 Å².